The van der Waals surface area contributed by atoms with Crippen LogP contribution in [-0.4, -0.2) is 36.1 Å². The van der Waals surface area contributed by atoms with Crippen molar-refractivity contribution in [2.24, 2.45) is 0 Å². The zero-order chi connectivity index (χ0) is 20.1. The van der Waals surface area contributed by atoms with Crippen LogP contribution < -0.4 is 9.64 Å². The van der Waals surface area contributed by atoms with E-state index in [2.05, 4.69) is 11.9 Å². The number of amides is 1. The zero-order valence-corrected chi connectivity index (χ0v) is 17.4. The predicted octanol–water partition coefficient (Wildman–Crippen LogP) is 4.22. The molecule has 0 bridgehead atoms. The van der Waals surface area contributed by atoms with Gasteiger partial charge >= 0.3 is 5.97 Å². The minimum absolute atomic E-state index is 0.0821. The zero-order valence-electron chi connectivity index (χ0n) is 16.6. The van der Waals surface area contributed by atoms with E-state index in [1.165, 1.54) is 4.90 Å². The van der Waals surface area contributed by atoms with Gasteiger partial charge in [-0.15, -0.1) is 11.3 Å². The van der Waals surface area contributed by atoms with E-state index < -0.39 is 6.04 Å². The minimum Gasteiger partial charge on any atom is -0.482 e. The van der Waals surface area contributed by atoms with Crippen molar-refractivity contribution in [2.75, 3.05) is 18.1 Å². The number of carbonyl (C=O) groups excluding carboxylic acids is 2. The first-order valence-electron chi connectivity index (χ1n) is 9.79. The highest BCUT2D eigenvalue weighted by Gasteiger charge is 2.36. The molecule has 0 saturated carbocycles. The summed E-state index contributed by atoms with van der Waals surface area (Å²) in [4.78, 5) is 31.4. The molecule has 1 aromatic carbocycles. The van der Waals surface area contributed by atoms with Gasteiger partial charge < -0.3 is 9.47 Å². The molecule has 3 rings (SSSR count). The molecule has 1 aliphatic rings. The summed E-state index contributed by atoms with van der Waals surface area (Å²) in [5.74, 6) is -0.0288. The van der Waals surface area contributed by atoms with Crippen LogP contribution >= 0.6 is 11.3 Å². The maximum atomic E-state index is 12.7. The topological polar surface area (TPSA) is 68.7 Å². The molecule has 0 spiro atoms. The van der Waals surface area contributed by atoms with Crippen LogP contribution in [0.5, 0.6) is 5.75 Å². The van der Waals surface area contributed by atoms with Crippen LogP contribution in [0, 0.1) is 0 Å². The maximum absolute atomic E-state index is 12.7. The highest BCUT2D eigenvalue weighted by Crippen LogP contribution is 2.38. The van der Waals surface area contributed by atoms with Crippen LogP contribution in [0.3, 0.4) is 0 Å². The van der Waals surface area contributed by atoms with Crippen molar-refractivity contribution < 1.29 is 19.1 Å². The number of hydrogen-bond donors (Lipinski definition) is 0. The van der Waals surface area contributed by atoms with Gasteiger partial charge in [0, 0.05) is 10.9 Å². The number of fused-ring (bicyclic) bond motifs is 1. The number of anilines is 1. The summed E-state index contributed by atoms with van der Waals surface area (Å²) in [7, 11) is 0. The first kappa shape index (κ1) is 20.3. The Labute approximate surface area is 169 Å². The Morgan fingerprint density at radius 3 is 2.86 bits per heavy atom. The molecule has 0 aliphatic carbocycles. The van der Waals surface area contributed by atoms with Crippen molar-refractivity contribution in [1.82, 2.24) is 4.98 Å². The SMILES string of the molecule is CCCOC(=O)C(CC)N1C(=O)COc2ccc(-c3csc(CCC)n3)cc21. The molecule has 6 nitrogen and oxygen atoms in total. The van der Waals surface area contributed by atoms with E-state index in [1.54, 1.807) is 11.3 Å². The van der Waals surface area contributed by atoms with E-state index in [1.807, 2.05) is 37.4 Å². The highest BCUT2D eigenvalue weighted by molar-refractivity contribution is 7.09. The molecule has 0 saturated heterocycles. The number of benzene rings is 1. The van der Waals surface area contributed by atoms with Crippen LogP contribution in [0.4, 0.5) is 5.69 Å². The lowest BCUT2D eigenvalue weighted by Gasteiger charge is -2.34. The van der Waals surface area contributed by atoms with Crippen LogP contribution in [0.1, 0.15) is 45.0 Å². The fourth-order valence-electron chi connectivity index (χ4n) is 3.20. The lowest BCUT2D eigenvalue weighted by Crippen LogP contribution is -2.49. The quantitative estimate of drug-likeness (QED) is 0.619. The molecule has 1 aliphatic heterocycles. The summed E-state index contributed by atoms with van der Waals surface area (Å²) in [5, 5.41) is 3.11. The van der Waals surface area contributed by atoms with Gasteiger partial charge in [-0.2, -0.15) is 0 Å². The minimum atomic E-state index is -0.664. The Balaban J connectivity index is 1.96. The molecular formula is C21H26N2O4S. The van der Waals surface area contributed by atoms with Crippen molar-refractivity contribution in [1.29, 1.82) is 0 Å². The molecule has 2 heterocycles. The second-order valence-electron chi connectivity index (χ2n) is 6.70. The molecule has 1 amide bonds. The fraction of sp³-hybridized carbons (Fsp3) is 0.476. The van der Waals surface area contributed by atoms with E-state index in [4.69, 9.17) is 9.47 Å². The highest BCUT2D eigenvalue weighted by atomic mass is 32.1. The third-order valence-corrected chi connectivity index (χ3v) is 5.48. The fourth-order valence-corrected chi connectivity index (χ4v) is 4.11. The molecule has 28 heavy (non-hydrogen) atoms. The van der Waals surface area contributed by atoms with Crippen molar-refractivity contribution >= 4 is 28.9 Å². The van der Waals surface area contributed by atoms with Crippen LogP contribution in [0.2, 0.25) is 0 Å². The molecular weight excluding hydrogens is 376 g/mol. The summed E-state index contributed by atoms with van der Waals surface area (Å²) in [5.41, 5.74) is 2.37. The standard InChI is InChI=1S/C21H26N2O4S/c1-4-7-19-22-15(13-28-19)14-8-9-18-17(11-14)23(20(24)12-27-18)16(6-3)21(25)26-10-5-2/h8-9,11,13,16H,4-7,10,12H2,1-3H3. The summed E-state index contributed by atoms with van der Waals surface area (Å²) in [6.07, 6.45) is 3.20. The molecule has 150 valence electrons. The number of esters is 1. The lowest BCUT2D eigenvalue weighted by molar-refractivity contribution is -0.146. The molecule has 2 aromatic rings. The average molecular weight is 403 g/mol. The number of nitrogens with zero attached hydrogens (tertiary/aromatic N) is 2. The van der Waals surface area contributed by atoms with Crippen molar-refractivity contribution in [2.45, 2.75) is 52.5 Å². The van der Waals surface area contributed by atoms with Gasteiger partial charge in [0.1, 0.15) is 11.8 Å². The summed E-state index contributed by atoms with van der Waals surface area (Å²) in [6.45, 7) is 6.21. The van der Waals surface area contributed by atoms with Gasteiger partial charge in [0.15, 0.2) is 6.61 Å². The number of aromatic nitrogens is 1. The first-order valence-corrected chi connectivity index (χ1v) is 10.7. The van der Waals surface area contributed by atoms with Gasteiger partial charge in [-0.25, -0.2) is 9.78 Å². The Morgan fingerprint density at radius 2 is 2.14 bits per heavy atom. The van der Waals surface area contributed by atoms with E-state index in [0.717, 1.165) is 35.5 Å². The van der Waals surface area contributed by atoms with E-state index in [0.29, 0.717) is 24.5 Å². The largest absolute Gasteiger partial charge is 0.482 e. The smallest absolute Gasteiger partial charge is 0.329 e. The number of hydrogen-bond acceptors (Lipinski definition) is 6. The van der Waals surface area contributed by atoms with Crippen molar-refractivity contribution in [3.05, 3.63) is 28.6 Å². The molecule has 1 aromatic heterocycles. The second kappa shape index (κ2) is 9.19. The third-order valence-electron chi connectivity index (χ3n) is 4.57. The molecule has 0 fully saturated rings. The molecule has 1 atom stereocenters. The third kappa shape index (κ3) is 4.19. The number of carbonyl (C=O) groups is 2. The molecule has 7 heteroatoms. The second-order valence-corrected chi connectivity index (χ2v) is 7.65. The van der Waals surface area contributed by atoms with Crippen molar-refractivity contribution in [3.63, 3.8) is 0 Å². The number of ether oxygens (including phenoxy) is 2. The van der Waals surface area contributed by atoms with E-state index >= 15 is 0 Å². The van der Waals surface area contributed by atoms with Gasteiger partial charge in [0.25, 0.3) is 5.91 Å². The summed E-state index contributed by atoms with van der Waals surface area (Å²) in [6, 6.07) is 5.00. The van der Waals surface area contributed by atoms with E-state index in [-0.39, 0.29) is 18.5 Å². The van der Waals surface area contributed by atoms with Crippen LogP contribution in [-0.2, 0) is 20.7 Å². The lowest BCUT2D eigenvalue weighted by atomic mass is 10.1. The van der Waals surface area contributed by atoms with Gasteiger partial charge in [-0.3, -0.25) is 9.69 Å². The predicted molar refractivity (Wildman–Crippen MR) is 110 cm³/mol. The number of thiazole rings is 1. The Hall–Kier alpha value is -2.41. The van der Waals surface area contributed by atoms with Crippen LogP contribution in [0.15, 0.2) is 23.6 Å². The van der Waals surface area contributed by atoms with Crippen molar-refractivity contribution in [3.8, 4) is 17.0 Å². The van der Waals surface area contributed by atoms with Gasteiger partial charge in [0.05, 0.1) is 23.0 Å². The van der Waals surface area contributed by atoms with Gasteiger partial charge in [-0.1, -0.05) is 20.8 Å². The van der Waals surface area contributed by atoms with Gasteiger partial charge in [-0.05, 0) is 43.9 Å². The molecule has 0 N–H and O–H groups in total. The molecule has 0 radical (unpaired) electrons. The summed E-state index contributed by atoms with van der Waals surface area (Å²) < 4.78 is 10.9. The van der Waals surface area contributed by atoms with E-state index in [9.17, 15) is 9.59 Å². The monoisotopic (exact) mass is 402 g/mol. The molecule has 1 unspecified atom stereocenters. The first-order chi connectivity index (χ1) is 13.6. The number of aryl methyl sites for hydroxylation is 1. The Kier molecular flexibility index (Phi) is 6.67. The Bertz CT molecular complexity index is 849. The normalized spacial score (nSPS) is 14.4. The Morgan fingerprint density at radius 1 is 1.32 bits per heavy atom. The maximum Gasteiger partial charge on any atom is 0.329 e. The average Bonchev–Trinajstić information content (AvgIpc) is 3.17. The summed E-state index contributed by atoms with van der Waals surface area (Å²) >= 11 is 1.64. The van der Waals surface area contributed by atoms with Crippen LogP contribution in [0.25, 0.3) is 11.3 Å². The number of rotatable bonds is 8. The van der Waals surface area contributed by atoms with Gasteiger partial charge in [0.2, 0.25) is 0 Å².